The summed E-state index contributed by atoms with van der Waals surface area (Å²) in [5, 5.41) is 9.06. The molecule has 0 bridgehead atoms. The smallest absolute Gasteiger partial charge is 0.257 e. The maximum atomic E-state index is 13.2. The van der Waals surface area contributed by atoms with Gasteiger partial charge in [-0.05, 0) is 43.2 Å². The van der Waals surface area contributed by atoms with E-state index >= 15 is 0 Å². The van der Waals surface area contributed by atoms with E-state index in [1.165, 1.54) is 5.69 Å². The summed E-state index contributed by atoms with van der Waals surface area (Å²) in [4.78, 5) is 26.5. The largest absolute Gasteiger partial charge is 0.369 e. The van der Waals surface area contributed by atoms with Crippen LogP contribution >= 0.6 is 0 Å². The quantitative estimate of drug-likeness (QED) is 0.434. The second kappa shape index (κ2) is 9.29. The summed E-state index contributed by atoms with van der Waals surface area (Å²) in [5.41, 5.74) is 5.10. The Balaban J connectivity index is 1.11. The molecule has 0 atom stereocenters. The maximum absolute atomic E-state index is 13.2. The molecule has 36 heavy (non-hydrogen) atoms. The van der Waals surface area contributed by atoms with Crippen molar-refractivity contribution in [3.63, 3.8) is 0 Å². The molecule has 3 aromatic heterocycles. The van der Waals surface area contributed by atoms with Gasteiger partial charge in [0.1, 0.15) is 12.1 Å². The molecule has 9 heteroatoms. The molecule has 1 aliphatic carbocycles. The minimum atomic E-state index is 0.113. The summed E-state index contributed by atoms with van der Waals surface area (Å²) in [6.07, 6.45) is 8.78. The molecule has 1 amide bonds. The lowest BCUT2D eigenvalue weighted by Gasteiger charge is -2.36. The standard InChI is InChI=1S/C27H32N8O/c1-32-11-3-4-20(32)9-10-28-26-22-8-7-21(16-24(22)29-18-30-26)34-12-14-35(15-13-34)27(36)23-17-33(2)31-25(23)19-5-6-19/h3-4,7-8,11,16-19H,5-6,9-10,12-15H2,1-2H3,(H,28,29,30). The predicted octanol–water partition coefficient (Wildman–Crippen LogP) is 3.20. The van der Waals surface area contributed by atoms with Gasteiger partial charge >= 0.3 is 0 Å². The average molecular weight is 485 g/mol. The van der Waals surface area contributed by atoms with E-state index in [0.29, 0.717) is 19.0 Å². The Morgan fingerprint density at radius 3 is 2.67 bits per heavy atom. The van der Waals surface area contributed by atoms with E-state index in [2.05, 4.69) is 73.4 Å². The van der Waals surface area contributed by atoms with Crippen molar-refractivity contribution >= 4 is 28.3 Å². The van der Waals surface area contributed by atoms with E-state index in [0.717, 1.165) is 72.6 Å². The minimum absolute atomic E-state index is 0.113. The molecule has 1 aliphatic heterocycles. The molecular weight excluding hydrogens is 452 g/mol. The molecule has 0 unspecified atom stereocenters. The molecule has 186 valence electrons. The van der Waals surface area contributed by atoms with Crippen LogP contribution < -0.4 is 10.2 Å². The van der Waals surface area contributed by atoms with Crippen molar-refractivity contribution in [2.75, 3.05) is 42.9 Å². The molecule has 0 radical (unpaired) electrons. The summed E-state index contributed by atoms with van der Waals surface area (Å²) in [5.74, 6) is 1.43. The Morgan fingerprint density at radius 1 is 1.08 bits per heavy atom. The van der Waals surface area contributed by atoms with Crippen molar-refractivity contribution in [2.45, 2.75) is 25.2 Å². The highest BCUT2D eigenvalue weighted by Crippen LogP contribution is 2.41. The second-order valence-electron chi connectivity index (χ2n) is 9.87. The molecule has 1 saturated heterocycles. The minimum Gasteiger partial charge on any atom is -0.369 e. The van der Waals surface area contributed by atoms with Gasteiger partial charge in [0.2, 0.25) is 0 Å². The second-order valence-corrected chi connectivity index (χ2v) is 9.87. The first kappa shape index (κ1) is 22.6. The van der Waals surface area contributed by atoms with Gasteiger partial charge in [-0.2, -0.15) is 5.10 Å². The fourth-order valence-electron chi connectivity index (χ4n) is 5.12. The summed E-state index contributed by atoms with van der Waals surface area (Å²) >= 11 is 0. The van der Waals surface area contributed by atoms with Crippen LogP contribution in [0.3, 0.4) is 0 Å². The van der Waals surface area contributed by atoms with Crippen LogP contribution in [-0.2, 0) is 20.5 Å². The zero-order valence-electron chi connectivity index (χ0n) is 20.9. The van der Waals surface area contributed by atoms with Crippen LogP contribution in [0.4, 0.5) is 11.5 Å². The molecule has 9 nitrogen and oxygen atoms in total. The Labute approximate surface area is 210 Å². The van der Waals surface area contributed by atoms with Crippen molar-refractivity contribution < 1.29 is 4.79 Å². The van der Waals surface area contributed by atoms with E-state index in [9.17, 15) is 4.79 Å². The molecule has 0 spiro atoms. The monoisotopic (exact) mass is 484 g/mol. The number of piperazine rings is 1. The van der Waals surface area contributed by atoms with Gasteiger partial charge in [0.05, 0.1) is 16.8 Å². The lowest BCUT2D eigenvalue weighted by molar-refractivity contribution is 0.0745. The zero-order chi connectivity index (χ0) is 24.6. The van der Waals surface area contributed by atoms with E-state index in [-0.39, 0.29) is 5.91 Å². The van der Waals surface area contributed by atoms with Gasteiger partial charge in [-0.15, -0.1) is 0 Å². The summed E-state index contributed by atoms with van der Waals surface area (Å²) in [6.45, 7) is 3.80. The van der Waals surface area contributed by atoms with Crippen LogP contribution in [0.25, 0.3) is 10.9 Å². The number of amides is 1. The third kappa shape index (κ3) is 4.41. The van der Waals surface area contributed by atoms with Gasteiger partial charge < -0.3 is 19.7 Å². The number of rotatable bonds is 7. The zero-order valence-corrected chi connectivity index (χ0v) is 20.9. The van der Waals surface area contributed by atoms with Gasteiger partial charge in [0, 0.05) is 88.3 Å². The van der Waals surface area contributed by atoms with E-state index in [4.69, 9.17) is 0 Å². The van der Waals surface area contributed by atoms with Gasteiger partial charge in [-0.1, -0.05) is 0 Å². The number of carbonyl (C=O) groups excluding carboxylic acids is 1. The maximum Gasteiger partial charge on any atom is 0.257 e. The molecule has 1 aromatic carbocycles. The first-order valence-corrected chi connectivity index (χ1v) is 12.7. The Bertz CT molecular complexity index is 1390. The van der Waals surface area contributed by atoms with Crippen LogP contribution in [0.15, 0.2) is 49.1 Å². The number of aromatic nitrogens is 5. The van der Waals surface area contributed by atoms with Crippen molar-refractivity contribution in [2.24, 2.45) is 14.1 Å². The summed E-state index contributed by atoms with van der Waals surface area (Å²) < 4.78 is 3.92. The third-order valence-electron chi connectivity index (χ3n) is 7.33. The first-order valence-electron chi connectivity index (χ1n) is 12.7. The number of hydrogen-bond acceptors (Lipinski definition) is 6. The van der Waals surface area contributed by atoms with E-state index in [1.807, 2.05) is 18.1 Å². The van der Waals surface area contributed by atoms with E-state index < -0.39 is 0 Å². The van der Waals surface area contributed by atoms with Gasteiger partial charge in [-0.25, -0.2) is 9.97 Å². The van der Waals surface area contributed by atoms with Crippen LogP contribution in [0.1, 0.15) is 40.5 Å². The highest BCUT2D eigenvalue weighted by atomic mass is 16.2. The SMILES string of the molecule is Cn1cc(C(=O)N2CCN(c3ccc4c(NCCc5cccn5C)ncnc4c3)CC2)c(C2CC2)n1. The molecule has 2 fully saturated rings. The van der Waals surface area contributed by atoms with Crippen LogP contribution in [0.2, 0.25) is 0 Å². The lowest BCUT2D eigenvalue weighted by Crippen LogP contribution is -2.48. The summed E-state index contributed by atoms with van der Waals surface area (Å²) in [7, 11) is 3.96. The highest BCUT2D eigenvalue weighted by molar-refractivity contribution is 5.95. The van der Waals surface area contributed by atoms with E-state index in [1.54, 1.807) is 11.0 Å². The van der Waals surface area contributed by atoms with Gasteiger partial charge in [0.15, 0.2) is 0 Å². The number of benzene rings is 1. The molecule has 4 heterocycles. The molecule has 2 aliphatic rings. The van der Waals surface area contributed by atoms with Crippen molar-refractivity contribution in [1.29, 1.82) is 0 Å². The summed E-state index contributed by atoms with van der Waals surface area (Å²) in [6, 6.07) is 10.6. The molecule has 6 rings (SSSR count). The van der Waals surface area contributed by atoms with Gasteiger partial charge in [0.25, 0.3) is 5.91 Å². The van der Waals surface area contributed by atoms with Crippen LogP contribution in [-0.4, -0.2) is 67.8 Å². The lowest BCUT2D eigenvalue weighted by atomic mass is 10.1. The molecular formula is C27H32N8O. The number of hydrogen-bond donors (Lipinski definition) is 1. The number of anilines is 2. The Kier molecular flexibility index (Phi) is 5.83. The van der Waals surface area contributed by atoms with Gasteiger partial charge in [-0.3, -0.25) is 9.48 Å². The fourth-order valence-corrected chi connectivity index (χ4v) is 5.12. The Morgan fingerprint density at radius 2 is 1.92 bits per heavy atom. The molecule has 4 aromatic rings. The van der Waals surface area contributed by atoms with Crippen molar-refractivity contribution in [3.8, 4) is 0 Å². The average Bonchev–Trinajstić information content (AvgIpc) is 3.56. The number of fused-ring (bicyclic) bond motifs is 1. The van der Waals surface area contributed by atoms with Crippen molar-refractivity contribution in [1.82, 2.24) is 29.2 Å². The number of carbonyl (C=O) groups is 1. The normalized spacial score (nSPS) is 16.1. The number of aryl methyl sites for hydroxylation is 2. The highest BCUT2D eigenvalue weighted by Gasteiger charge is 2.33. The molecule has 1 N–H and O–H groups in total. The predicted molar refractivity (Wildman–Crippen MR) is 140 cm³/mol. The molecule has 1 saturated carbocycles. The van der Waals surface area contributed by atoms with Crippen molar-refractivity contribution in [3.05, 3.63) is 66.0 Å². The topological polar surface area (TPSA) is 84.1 Å². The number of nitrogens with zero attached hydrogens (tertiary/aromatic N) is 7. The third-order valence-corrected chi connectivity index (χ3v) is 7.33. The first-order chi connectivity index (χ1) is 17.6. The van der Waals surface area contributed by atoms with Crippen LogP contribution in [0, 0.1) is 0 Å². The Hall–Kier alpha value is -3.88. The number of nitrogens with one attached hydrogen (secondary N) is 1. The van der Waals surface area contributed by atoms with Crippen LogP contribution in [0.5, 0.6) is 0 Å². The fraction of sp³-hybridized carbons (Fsp3) is 0.407.